The smallest absolute Gasteiger partial charge is 0.393 e. The van der Waals surface area contributed by atoms with Gasteiger partial charge in [-0.3, -0.25) is 13.8 Å². The van der Waals surface area contributed by atoms with Crippen molar-refractivity contribution in [1.29, 1.82) is 0 Å². The molecule has 0 heterocycles. The van der Waals surface area contributed by atoms with Gasteiger partial charge in [-0.25, -0.2) is 4.57 Å². The third-order valence-electron chi connectivity index (χ3n) is 11.7. The molecule has 1 aliphatic rings. The van der Waals surface area contributed by atoms with Crippen LogP contribution in [-0.2, 0) is 18.4 Å². The lowest BCUT2D eigenvalue weighted by Gasteiger charge is -2.41. The summed E-state index contributed by atoms with van der Waals surface area (Å²) in [5, 5.41) is 74.4. The minimum Gasteiger partial charge on any atom is -0.393 e. The molecule has 0 aromatic carbocycles. The molecular formula is C48H90NO12P. The van der Waals surface area contributed by atoms with E-state index in [4.69, 9.17) is 9.05 Å². The molecule has 8 unspecified atom stereocenters. The van der Waals surface area contributed by atoms with Gasteiger partial charge in [-0.2, -0.15) is 0 Å². The highest BCUT2D eigenvalue weighted by Gasteiger charge is 2.51. The van der Waals surface area contributed by atoms with Crippen LogP contribution in [0, 0.1) is 0 Å². The fraction of sp³-hybridized carbons (Fsp3) is 0.854. The summed E-state index contributed by atoms with van der Waals surface area (Å²) in [6.45, 7) is 3.68. The molecule has 1 aliphatic carbocycles. The Labute approximate surface area is 375 Å². The molecule has 13 nitrogen and oxygen atoms in total. The first-order chi connectivity index (χ1) is 29.8. The van der Waals surface area contributed by atoms with Crippen molar-refractivity contribution < 1.29 is 59.0 Å². The molecule has 0 saturated heterocycles. The second kappa shape index (κ2) is 37.7. The summed E-state index contributed by atoms with van der Waals surface area (Å²) in [7, 11) is -5.15. The summed E-state index contributed by atoms with van der Waals surface area (Å²) in [5.74, 6) is -0.606. The Morgan fingerprint density at radius 3 is 1.40 bits per heavy atom. The highest BCUT2D eigenvalue weighted by molar-refractivity contribution is 7.47. The molecule has 9 N–H and O–H groups in total. The number of aliphatic hydroxyl groups is 7. The van der Waals surface area contributed by atoms with Crippen LogP contribution >= 0.6 is 7.82 Å². The second-order valence-corrected chi connectivity index (χ2v) is 18.9. The average molecular weight is 904 g/mol. The largest absolute Gasteiger partial charge is 0.472 e. The number of hydrogen-bond acceptors (Lipinski definition) is 11. The second-order valence-electron chi connectivity index (χ2n) is 17.5. The summed E-state index contributed by atoms with van der Waals surface area (Å²) < 4.78 is 22.8. The Hall–Kier alpha value is -1.48. The Bertz CT molecular complexity index is 1200. The number of allylic oxidation sites excluding steroid dienone is 5. The minimum atomic E-state index is -5.15. The van der Waals surface area contributed by atoms with Crippen molar-refractivity contribution in [3.8, 4) is 0 Å². The van der Waals surface area contributed by atoms with Gasteiger partial charge in [-0.15, -0.1) is 0 Å². The first kappa shape index (κ1) is 58.5. The van der Waals surface area contributed by atoms with Crippen LogP contribution in [-0.4, -0.2) is 108 Å². The van der Waals surface area contributed by atoms with Crippen molar-refractivity contribution in [2.75, 3.05) is 6.61 Å². The number of unbranched alkanes of at least 4 members (excludes halogenated alkanes) is 23. The molecule has 0 radical (unpaired) electrons. The molecule has 0 aromatic rings. The van der Waals surface area contributed by atoms with E-state index in [-0.39, 0.29) is 6.42 Å². The number of rotatable bonds is 40. The average Bonchev–Trinajstić information content (AvgIpc) is 3.24. The predicted octanol–water partition coefficient (Wildman–Crippen LogP) is 8.53. The molecule has 0 spiro atoms. The predicted molar refractivity (Wildman–Crippen MR) is 247 cm³/mol. The molecule has 1 amide bonds. The lowest BCUT2D eigenvalue weighted by atomic mass is 9.85. The number of phosphoric ester groups is 1. The molecule has 1 fully saturated rings. The maximum Gasteiger partial charge on any atom is 0.472 e. The molecule has 62 heavy (non-hydrogen) atoms. The first-order valence-electron chi connectivity index (χ1n) is 24.5. The van der Waals surface area contributed by atoms with Gasteiger partial charge in [0.2, 0.25) is 5.91 Å². The zero-order valence-electron chi connectivity index (χ0n) is 38.5. The van der Waals surface area contributed by atoms with Gasteiger partial charge in [-0.05, 0) is 38.5 Å². The molecule has 14 heteroatoms. The van der Waals surface area contributed by atoms with Crippen LogP contribution in [0.5, 0.6) is 0 Å². The molecule has 1 saturated carbocycles. The van der Waals surface area contributed by atoms with Crippen molar-refractivity contribution in [2.24, 2.45) is 0 Å². The maximum absolute atomic E-state index is 13.0. The normalized spacial score (nSPS) is 23.3. The van der Waals surface area contributed by atoms with E-state index in [0.29, 0.717) is 19.3 Å². The maximum atomic E-state index is 13.0. The molecular weight excluding hydrogens is 813 g/mol. The summed E-state index contributed by atoms with van der Waals surface area (Å²) in [6, 6.07) is -1.26. The van der Waals surface area contributed by atoms with Crippen LogP contribution < -0.4 is 5.32 Å². The highest BCUT2D eigenvalue weighted by atomic mass is 31.2. The van der Waals surface area contributed by atoms with Gasteiger partial charge in [0.1, 0.15) is 36.6 Å². The van der Waals surface area contributed by atoms with Crippen molar-refractivity contribution in [3.63, 3.8) is 0 Å². The first-order valence-corrected chi connectivity index (χ1v) is 26.0. The summed E-state index contributed by atoms with van der Waals surface area (Å²) >= 11 is 0. The van der Waals surface area contributed by atoms with Gasteiger partial charge in [0.15, 0.2) is 0 Å². The number of carbonyl (C=O) groups excluding carboxylic acids is 1. The lowest BCUT2D eigenvalue weighted by molar-refractivity contribution is -0.220. The van der Waals surface area contributed by atoms with E-state index >= 15 is 0 Å². The fourth-order valence-corrected chi connectivity index (χ4v) is 8.64. The minimum absolute atomic E-state index is 0.253. The number of aliphatic hydroxyl groups excluding tert-OH is 7. The number of hydrogen-bond donors (Lipinski definition) is 9. The lowest BCUT2D eigenvalue weighted by Crippen LogP contribution is -2.64. The van der Waals surface area contributed by atoms with E-state index < -0.39 is 75.2 Å². The standard InChI is InChI=1S/C48H90NO12P/c1-3-5-7-9-11-13-15-17-18-19-20-21-22-23-24-25-27-29-31-33-35-39(50)37-42(52)49-40(41(51)36-34-32-30-28-26-16-14-12-10-8-6-4-2)38-60-62(58,59)61-48-46(56)44(54)43(53)45(55)47(48)57/h10,12,26,28,34,36,39-41,43-48,50-51,53-57H,3-9,11,13-25,27,29-33,35,37-38H2,1-2H3,(H,49,52)(H,58,59)/b12-10+,28-26+,36-34+. The van der Waals surface area contributed by atoms with E-state index in [1.54, 1.807) is 6.08 Å². The molecule has 0 aliphatic heterocycles. The topological polar surface area (TPSA) is 226 Å². The third-order valence-corrected chi connectivity index (χ3v) is 12.7. The Kier molecular flexibility index (Phi) is 35.6. The van der Waals surface area contributed by atoms with Crippen molar-refractivity contribution >= 4 is 13.7 Å². The van der Waals surface area contributed by atoms with Gasteiger partial charge in [0.05, 0.1) is 31.3 Å². The van der Waals surface area contributed by atoms with E-state index in [2.05, 4.69) is 37.4 Å². The SMILES string of the molecule is CCCC/C=C/CC/C=C/CC/C=C/C(O)C(COP(=O)(O)OC1C(O)C(O)C(O)C(O)C1O)NC(=O)CC(O)CCCCCCCCCCCCCCCCCCCCCC. The third kappa shape index (κ3) is 29.1. The van der Waals surface area contributed by atoms with Gasteiger partial charge in [0.25, 0.3) is 0 Å². The summed E-state index contributed by atoms with van der Waals surface area (Å²) in [5.41, 5.74) is 0. The molecule has 0 bridgehead atoms. The van der Waals surface area contributed by atoms with E-state index in [1.807, 2.05) is 6.08 Å². The Morgan fingerprint density at radius 1 is 0.565 bits per heavy atom. The van der Waals surface area contributed by atoms with Crippen molar-refractivity contribution in [1.82, 2.24) is 5.32 Å². The van der Waals surface area contributed by atoms with Crippen LogP contribution in [0.3, 0.4) is 0 Å². The highest BCUT2D eigenvalue weighted by Crippen LogP contribution is 2.47. The van der Waals surface area contributed by atoms with Crippen molar-refractivity contribution in [3.05, 3.63) is 36.5 Å². The zero-order valence-corrected chi connectivity index (χ0v) is 39.4. The monoisotopic (exact) mass is 904 g/mol. The Balaban J connectivity index is 2.47. The van der Waals surface area contributed by atoms with Crippen LogP contribution in [0.25, 0.3) is 0 Å². The zero-order chi connectivity index (χ0) is 45.9. The van der Waals surface area contributed by atoms with Crippen LogP contribution in [0.1, 0.15) is 200 Å². The molecule has 8 atom stereocenters. The van der Waals surface area contributed by atoms with Gasteiger partial charge in [0, 0.05) is 0 Å². The molecule has 1 rings (SSSR count). The van der Waals surface area contributed by atoms with Crippen molar-refractivity contribution in [2.45, 2.75) is 255 Å². The van der Waals surface area contributed by atoms with E-state index in [9.17, 15) is 50.0 Å². The molecule has 0 aromatic heterocycles. The van der Waals surface area contributed by atoms with E-state index in [1.165, 1.54) is 122 Å². The van der Waals surface area contributed by atoms with Crippen LogP contribution in [0.2, 0.25) is 0 Å². The number of phosphoric acid groups is 1. The molecule has 364 valence electrons. The number of nitrogens with one attached hydrogen (secondary N) is 1. The summed E-state index contributed by atoms with van der Waals surface area (Å²) in [4.78, 5) is 23.4. The van der Waals surface area contributed by atoms with E-state index in [0.717, 1.165) is 44.9 Å². The van der Waals surface area contributed by atoms with Gasteiger partial charge < -0.3 is 46.0 Å². The van der Waals surface area contributed by atoms with Crippen LogP contribution in [0.4, 0.5) is 0 Å². The fourth-order valence-electron chi connectivity index (χ4n) is 7.67. The summed E-state index contributed by atoms with van der Waals surface area (Å²) in [6.07, 6.45) is 29.6. The number of carbonyl (C=O) groups is 1. The number of amides is 1. The Morgan fingerprint density at radius 2 is 0.952 bits per heavy atom. The van der Waals surface area contributed by atoms with Gasteiger partial charge >= 0.3 is 7.82 Å². The van der Waals surface area contributed by atoms with Crippen LogP contribution in [0.15, 0.2) is 36.5 Å². The quantitative estimate of drug-likeness (QED) is 0.0160. The van der Waals surface area contributed by atoms with Gasteiger partial charge in [-0.1, -0.05) is 192 Å².